The fourth-order valence-corrected chi connectivity index (χ4v) is 7.58. The molecule has 0 amide bonds. The number of allylic oxidation sites excluding steroid dienone is 3. The molecular weight excluding hydrogens is 376 g/mol. The highest BCUT2D eigenvalue weighted by atomic mass is 16.5. The van der Waals surface area contributed by atoms with Crippen molar-refractivity contribution in [3.8, 4) is 0 Å². The lowest BCUT2D eigenvalue weighted by Gasteiger charge is -2.57. The largest absolute Gasteiger partial charge is 0.430 e. The minimum atomic E-state index is -0.381. The van der Waals surface area contributed by atoms with Crippen LogP contribution in [0.1, 0.15) is 85.5 Å². The van der Waals surface area contributed by atoms with Gasteiger partial charge in [0, 0.05) is 18.4 Å². The Hall–Kier alpha value is -1.71. The van der Waals surface area contributed by atoms with E-state index in [0.717, 1.165) is 56.9 Å². The third kappa shape index (κ3) is 3.22. The van der Waals surface area contributed by atoms with Crippen molar-refractivity contribution in [3.63, 3.8) is 0 Å². The summed E-state index contributed by atoms with van der Waals surface area (Å²) in [5.41, 5.74) is 0.852. The summed E-state index contributed by atoms with van der Waals surface area (Å²) in [6.07, 6.45) is 11.6. The highest BCUT2D eigenvalue weighted by molar-refractivity contribution is 6.02. The predicted octanol–water partition coefficient (Wildman–Crippen LogP) is 5.56. The summed E-state index contributed by atoms with van der Waals surface area (Å²) < 4.78 is 5.89. The quantitative estimate of drug-likeness (QED) is 0.555. The van der Waals surface area contributed by atoms with E-state index in [1.807, 2.05) is 0 Å². The van der Waals surface area contributed by atoms with E-state index in [-0.39, 0.29) is 28.5 Å². The van der Waals surface area contributed by atoms with Gasteiger partial charge >= 0.3 is 5.97 Å². The zero-order valence-corrected chi connectivity index (χ0v) is 19.0. The molecule has 4 nitrogen and oxygen atoms in total. The number of fused-ring (bicyclic) bond motifs is 5. The lowest BCUT2D eigenvalue weighted by Crippen LogP contribution is -2.51. The molecule has 0 bridgehead atoms. The fraction of sp³-hybridized carbons (Fsp3) is 0.731. The number of unbranched alkanes of at least 4 members (excludes halogenated alkanes) is 1. The molecule has 0 aliphatic heterocycles. The van der Waals surface area contributed by atoms with Crippen LogP contribution in [-0.2, 0) is 19.1 Å². The molecule has 4 aliphatic carbocycles. The first-order chi connectivity index (χ1) is 14.2. The van der Waals surface area contributed by atoms with E-state index < -0.39 is 0 Å². The van der Waals surface area contributed by atoms with Crippen LogP contribution in [0.2, 0.25) is 0 Å². The highest BCUT2D eigenvalue weighted by Gasteiger charge is 2.61. The number of Topliss-reactive ketones (excluding diaryl/α,β-unsaturated/α-hetero) is 1. The lowest BCUT2D eigenvalue weighted by atomic mass is 9.47. The number of ketones is 2. The highest BCUT2D eigenvalue weighted by Crippen LogP contribution is 2.67. The van der Waals surface area contributed by atoms with Crippen molar-refractivity contribution in [3.05, 3.63) is 23.5 Å². The van der Waals surface area contributed by atoms with Crippen molar-refractivity contribution >= 4 is 17.5 Å². The van der Waals surface area contributed by atoms with E-state index in [1.54, 1.807) is 19.1 Å². The third-order valence-electron chi connectivity index (χ3n) is 9.14. The molecule has 0 saturated heterocycles. The van der Waals surface area contributed by atoms with Crippen molar-refractivity contribution in [1.82, 2.24) is 0 Å². The maximum absolute atomic E-state index is 12.5. The van der Waals surface area contributed by atoms with Gasteiger partial charge in [0.2, 0.25) is 0 Å². The fourth-order valence-electron chi connectivity index (χ4n) is 7.58. The predicted molar refractivity (Wildman–Crippen MR) is 115 cm³/mol. The van der Waals surface area contributed by atoms with E-state index in [0.29, 0.717) is 35.7 Å². The van der Waals surface area contributed by atoms with E-state index >= 15 is 0 Å². The van der Waals surface area contributed by atoms with Crippen LogP contribution in [0.4, 0.5) is 0 Å². The summed E-state index contributed by atoms with van der Waals surface area (Å²) >= 11 is 0. The van der Waals surface area contributed by atoms with Gasteiger partial charge in [-0.1, -0.05) is 25.8 Å². The minimum Gasteiger partial charge on any atom is -0.430 e. The van der Waals surface area contributed by atoms with Crippen LogP contribution in [0.25, 0.3) is 0 Å². The van der Waals surface area contributed by atoms with Crippen LogP contribution < -0.4 is 0 Å². The first kappa shape index (κ1) is 21.5. The molecule has 0 N–H and O–H groups in total. The van der Waals surface area contributed by atoms with E-state index in [1.165, 1.54) is 0 Å². The monoisotopic (exact) mass is 412 g/mol. The zero-order chi connectivity index (χ0) is 21.7. The topological polar surface area (TPSA) is 60.4 Å². The molecule has 0 aromatic heterocycles. The molecule has 4 rings (SSSR count). The molecule has 4 aliphatic rings. The Labute approximate surface area is 180 Å². The Kier molecular flexibility index (Phi) is 5.57. The number of esters is 1. The van der Waals surface area contributed by atoms with E-state index in [9.17, 15) is 14.4 Å². The molecule has 164 valence electrons. The van der Waals surface area contributed by atoms with E-state index in [2.05, 4.69) is 20.8 Å². The summed E-state index contributed by atoms with van der Waals surface area (Å²) in [6.45, 7) is 8.35. The average molecular weight is 413 g/mol. The molecule has 3 saturated carbocycles. The smallest absolute Gasteiger partial charge is 0.310 e. The molecule has 3 fully saturated rings. The van der Waals surface area contributed by atoms with Gasteiger partial charge in [0.1, 0.15) is 11.5 Å². The summed E-state index contributed by atoms with van der Waals surface area (Å²) in [7, 11) is 0. The van der Waals surface area contributed by atoms with Crippen molar-refractivity contribution in [2.24, 2.45) is 34.5 Å². The number of carbonyl (C=O) groups is 3. The standard InChI is InChI=1S/C26H36O4/c1-5-6-7-24(29)30-23-15-18(28)14-17-8-9-19-21-11-10-20(16(2)27)25(21,3)13-12-22(19)26(17,23)4/h14-15,19-22H,5-13H2,1-4H3/t19-,20+,21-,22-,25+,26-/m0/s1. The molecular formula is C26H36O4. The van der Waals surface area contributed by atoms with Gasteiger partial charge in [-0.2, -0.15) is 0 Å². The molecule has 4 heteroatoms. The number of hydrogen-bond acceptors (Lipinski definition) is 4. The number of rotatable bonds is 5. The van der Waals surface area contributed by atoms with Crippen LogP contribution in [0.5, 0.6) is 0 Å². The van der Waals surface area contributed by atoms with Crippen LogP contribution in [0.3, 0.4) is 0 Å². The molecule has 0 heterocycles. The normalized spacial score (nSPS) is 39.9. The number of hydrogen-bond donors (Lipinski definition) is 0. The molecule has 0 aromatic rings. The molecule has 0 spiro atoms. The van der Waals surface area contributed by atoms with Crippen molar-refractivity contribution in [2.75, 3.05) is 0 Å². The van der Waals surface area contributed by atoms with Gasteiger partial charge in [0.05, 0.1) is 5.41 Å². The van der Waals surface area contributed by atoms with Crippen molar-refractivity contribution in [1.29, 1.82) is 0 Å². The van der Waals surface area contributed by atoms with Crippen LogP contribution in [0.15, 0.2) is 23.5 Å². The second-order valence-electron chi connectivity index (χ2n) is 10.6. The Morgan fingerprint density at radius 2 is 1.87 bits per heavy atom. The Bertz CT molecular complexity index is 821. The first-order valence-corrected chi connectivity index (χ1v) is 11.9. The van der Waals surface area contributed by atoms with Crippen LogP contribution in [-0.4, -0.2) is 17.5 Å². The zero-order valence-electron chi connectivity index (χ0n) is 19.0. The second kappa shape index (κ2) is 7.76. The molecule has 0 radical (unpaired) electrons. The van der Waals surface area contributed by atoms with Gasteiger partial charge in [0.25, 0.3) is 0 Å². The Morgan fingerprint density at radius 3 is 2.57 bits per heavy atom. The van der Waals surface area contributed by atoms with Gasteiger partial charge in [-0.25, -0.2) is 0 Å². The van der Waals surface area contributed by atoms with Crippen molar-refractivity contribution in [2.45, 2.75) is 85.5 Å². The second-order valence-corrected chi connectivity index (χ2v) is 10.6. The average Bonchev–Trinajstić information content (AvgIpc) is 3.05. The van der Waals surface area contributed by atoms with Crippen LogP contribution >= 0.6 is 0 Å². The van der Waals surface area contributed by atoms with Crippen molar-refractivity contribution < 1.29 is 19.1 Å². The molecule has 0 unspecified atom stereocenters. The van der Waals surface area contributed by atoms with E-state index in [4.69, 9.17) is 4.74 Å². The molecule has 0 aromatic carbocycles. The number of ether oxygens (including phenoxy) is 1. The first-order valence-electron chi connectivity index (χ1n) is 11.9. The Morgan fingerprint density at radius 1 is 1.10 bits per heavy atom. The third-order valence-corrected chi connectivity index (χ3v) is 9.14. The van der Waals surface area contributed by atoms with Crippen LogP contribution in [0, 0.1) is 34.5 Å². The molecule has 6 atom stereocenters. The Balaban J connectivity index is 1.64. The SMILES string of the molecule is CCCCC(=O)OC1=CC(=O)C=C2CC[C@@H]3[C@H](CC[C@]4(C)[C@@H](C(C)=O)CC[C@@H]34)[C@]21C. The lowest BCUT2D eigenvalue weighted by molar-refractivity contribution is -0.144. The minimum absolute atomic E-state index is 0.0580. The molecule has 30 heavy (non-hydrogen) atoms. The maximum Gasteiger partial charge on any atom is 0.310 e. The maximum atomic E-state index is 12.5. The summed E-state index contributed by atoms with van der Waals surface area (Å²) in [4.78, 5) is 37.2. The summed E-state index contributed by atoms with van der Waals surface area (Å²) in [6, 6.07) is 0. The van der Waals surface area contributed by atoms with Gasteiger partial charge in [-0.05, 0) is 88.0 Å². The summed E-state index contributed by atoms with van der Waals surface area (Å²) in [5.74, 6) is 2.23. The number of carbonyl (C=O) groups excluding carboxylic acids is 3. The van der Waals surface area contributed by atoms with Gasteiger partial charge < -0.3 is 4.74 Å². The summed E-state index contributed by atoms with van der Waals surface area (Å²) in [5, 5.41) is 0. The van der Waals surface area contributed by atoms with Gasteiger partial charge in [-0.15, -0.1) is 0 Å². The van der Waals surface area contributed by atoms with Gasteiger partial charge in [-0.3, -0.25) is 14.4 Å². The van der Waals surface area contributed by atoms with Gasteiger partial charge in [0.15, 0.2) is 5.78 Å².